The minimum Gasteiger partial charge on any atom is -0.626 e. The highest BCUT2D eigenvalue weighted by Crippen LogP contribution is 2.44. The largest absolute Gasteiger partial charge is 0.626 e. The average Bonchev–Trinajstić information content (AvgIpc) is 2.63. The molecule has 0 bridgehead atoms. The van der Waals surface area contributed by atoms with E-state index in [2.05, 4.69) is 0 Å². The number of rotatable bonds is 6. The van der Waals surface area contributed by atoms with E-state index in [0.717, 1.165) is 0 Å². The van der Waals surface area contributed by atoms with Gasteiger partial charge in [0, 0.05) is 5.41 Å². The molecule has 0 atom stereocenters. The minimum absolute atomic E-state index is 0.396. The molecule has 0 unspecified atom stereocenters. The van der Waals surface area contributed by atoms with Crippen molar-refractivity contribution in [2.75, 3.05) is 0 Å². The van der Waals surface area contributed by atoms with Gasteiger partial charge in [-0.05, 0) is 59.5 Å². The third-order valence-electron chi connectivity index (χ3n) is 4.71. The van der Waals surface area contributed by atoms with Crippen molar-refractivity contribution < 1.29 is 13.2 Å². The van der Waals surface area contributed by atoms with Crippen LogP contribution >= 0.6 is 0 Å². The second-order valence-corrected chi connectivity index (χ2v) is 6.33. The summed E-state index contributed by atoms with van der Waals surface area (Å²) in [6, 6.07) is 18.5. The first kappa shape index (κ1) is 18.3. The highest BCUT2D eigenvalue weighted by atomic mass is 19.1. The highest BCUT2D eigenvalue weighted by Gasteiger charge is 2.36. The molecule has 0 fully saturated rings. The molecule has 0 heterocycles. The first-order valence-electron chi connectivity index (χ1n) is 8.54. The molecule has 0 saturated carbocycles. The quantitative estimate of drug-likeness (QED) is 0.389. The smallest absolute Gasteiger partial charge is 0.123 e. The van der Waals surface area contributed by atoms with Crippen LogP contribution in [0.1, 0.15) is 29.5 Å². The second-order valence-electron chi connectivity index (χ2n) is 6.33. The maximum Gasteiger partial charge on any atom is 0.123 e. The molecule has 0 spiro atoms. The zero-order valence-corrected chi connectivity index (χ0v) is 14.3. The Balaban J connectivity index is 2.34. The van der Waals surface area contributed by atoms with Gasteiger partial charge in [-0.2, -0.15) is 0 Å². The van der Waals surface area contributed by atoms with Crippen LogP contribution in [0.4, 0.5) is 13.2 Å². The van der Waals surface area contributed by atoms with E-state index in [-0.39, 0.29) is 0 Å². The molecule has 3 rings (SSSR count). The number of benzene rings is 3. The van der Waals surface area contributed by atoms with E-state index < -0.39 is 22.9 Å². The predicted molar refractivity (Wildman–Crippen MR) is 98.9 cm³/mol. The average molecular weight is 350 g/mol. The molecule has 0 N–H and O–H groups in total. The van der Waals surface area contributed by atoms with E-state index in [1.807, 2.05) is 0 Å². The Morgan fingerprint density at radius 3 is 1.35 bits per heavy atom. The molecule has 3 radical (unpaired) electrons. The molecule has 0 aliphatic rings. The van der Waals surface area contributed by atoms with Gasteiger partial charge in [-0.15, -0.1) is 0 Å². The predicted octanol–water partition coefficient (Wildman–Crippen LogP) is 5.81. The van der Waals surface area contributed by atoms with Gasteiger partial charge in [0.05, 0.1) is 0 Å². The summed E-state index contributed by atoms with van der Waals surface area (Å²) >= 11 is 0. The van der Waals surface area contributed by atoms with E-state index in [9.17, 15) is 13.2 Å². The lowest BCUT2D eigenvalue weighted by Gasteiger charge is -2.37. The molecule has 3 aromatic carbocycles. The SMILES string of the molecule is [B-]CCCC(c1cccc(F)c1)(c1cccc(F)c1)c1cccc(F)c1. The van der Waals surface area contributed by atoms with Crippen LogP contribution in [0.15, 0.2) is 72.8 Å². The van der Waals surface area contributed by atoms with Crippen molar-refractivity contribution in [2.45, 2.75) is 24.6 Å². The van der Waals surface area contributed by atoms with E-state index in [1.54, 1.807) is 36.4 Å². The maximum atomic E-state index is 14.0. The Morgan fingerprint density at radius 2 is 1.04 bits per heavy atom. The normalized spacial score (nSPS) is 11.5. The molecule has 0 amide bonds. The summed E-state index contributed by atoms with van der Waals surface area (Å²) in [5.74, 6) is -1.19. The molecule has 26 heavy (non-hydrogen) atoms. The van der Waals surface area contributed by atoms with Crippen molar-refractivity contribution >= 4 is 7.85 Å². The molecule has 0 saturated heterocycles. The van der Waals surface area contributed by atoms with Crippen LogP contribution in [0.2, 0.25) is 6.32 Å². The molecular weight excluding hydrogens is 332 g/mol. The van der Waals surface area contributed by atoms with Crippen LogP contribution in [0, 0.1) is 17.5 Å². The Labute approximate surface area is 153 Å². The molecule has 4 heteroatoms. The summed E-state index contributed by atoms with van der Waals surface area (Å²) in [6.45, 7) is 0. The van der Waals surface area contributed by atoms with Gasteiger partial charge < -0.3 is 7.85 Å². The number of hydrogen-bond donors (Lipinski definition) is 0. The molecule has 131 valence electrons. The molecule has 0 aliphatic heterocycles. The fraction of sp³-hybridized carbons (Fsp3) is 0.182. The Hall–Kier alpha value is -2.49. The van der Waals surface area contributed by atoms with Crippen LogP contribution in [-0.2, 0) is 5.41 Å². The topological polar surface area (TPSA) is 0 Å². The monoisotopic (exact) mass is 350 g/mol. The van der Waals surface area contributed by atoms with E-state index in [4.69, 9.17) is 7.85 Å². The summed E-state index contributed by atoms with van der Waals surface area (Å²) in [6.07, 6.45) is 1.53. The zero-order chi connectivity index (χ0) is 18.6. The van der Waals surface area contributed by atoms with Gasteiger partial charge in [0.2, 0.25) is 0 Å². The summed E-state index contributed by atoms with van der Waals surface area (Å²) in [5.41, 5.74) is 1.03. The summed E-state index contributed by atoms with van der Waals surface area (Å²) in [7, 11) is 5.74. The number of hydrogen-bond acceptors (Lipinski definition) is 0. The van der Waals surface area contributed by atoms with Gasteiger partial charge >= 0.3 is 0 Å². The van der Waals surface area contributed by atoms with E-state index >= 15 is 0 Å². The minimum atomic E-state index is -0.897. The van der Waals surface area contributed by atoms with Gasteiger partial charge in [0.25, 0.3) is 0 Å². The Bertz CT molecular complexity index is 781. The molecule has 0 nitrogen and oxygen atoms in total. The van der Waals surface area contributed by atoms with Crippen LogP contribution in [0.5, 0.6) is 0 Å². The standard InChI is InChI=1S/C22H18BF3/c23-12-4-11-22(16-5-1-8-19(24)13-16,17-6-2-9-20(25)14-17)18-7-3-10-21(26)15-18/h1-3,5-10,13-15H,4,11-12H2/q-1. The molecular formula is C22H18BF3-. The lowest BCUT2D eigenvalue weighted by molar-refractivity contribution is 0.529. The van der Waals surface area contributed by atoms with Crippen molar-refractivity contribution in [3.05, 3.63) is 107 Å². The van der Waals surface area contributed by atoms with Crippen molar-refractivity contribution in [1.29, 1.82) is 0 Å². The lowest BCUT2D eigenvalue weighted by Crippen LogP contribution is -2.30. The fourth-order valence-electron chi connectivity index (χ4n) is 3.56. The Kier molecular flexibility index (Phi) is 5.50. The van der Waals surface area contributed by atoms with Gasteiger partial charge in [-0.3, -0.25) is 6.32 Å². The molecule has 0 aliphatic carbocycles. The third kappa shape index (κ3) is 3.55. The van der Waals surface area contributed by atoms with Gasteiger partial charge in [0.15, 0.2) is 0 Å². The van der Waals surface area contributed by atoms with Crippen LogP contribution in [-0.4, -0.2) is 7.85 Å². The number of halogens is 3. The summed E-state index contributed by atoms with van der Waals surface area (Å²) < 4.78 is 42.1. The van der Waals surface area contributed by atoms with E-state index in [1.165, 1.54) is 36.4 Å². The first-order valence-corrected chi connectivity index (χ1v) is 8.54. The fourth-order valence-corrected chi connectivity index (χ4v) is 3.56. The van der Waals surface area contributed by atoms with Crippen molar-refractivity contribution in [3.8, 4) is 0 Å². The third-order valence-corrected chi connectivity index (χ3v) is 4.71. The maximum absolute atomic E-state index is 14.0. The lowest BCUT2D eigenvalue weighted by atomic mass is 9.66. The first-order chi connectivity index (χ1) is 12.6. The van der Waals surface area contributed by atoms with Crippen LogP contribution in [0.25, 0.3) is 0 Å². The van der Waals surface area contributed by atoms with E-state index in [0.29, 0.717) is 35.9 Å². The van der Waals surface area contributed by atoms with Crippen molar-refractivity contribution in [3.63, 3.8) is 0 Å². The van der Waals surface area contributed by atoms with Gasteiger partial charge in [-0.25, -0.2) is 13.2 Å². The molecule has 0 aromatic heterocycles. The van der Waals surface area contributed by atoms with Crippen molar-refractivity contribution in [1.82, 2.24) is 0 Å². The van der Waals surface area contributed by atoms with Crippen LogP contribution in [0.3, 0.4) is 0 Å². The highest BCUT2D eigenvalue weighted by molar-refractivity contribution is 6.08. The van der Waals surface area contributed by atoms with Crippen LogP contribution < -0.4 is 0 Å². The zero-order valence-electron chi connectivity index (χ0n) is 14.3. The summed E-state index contributed by atoms with van der Waals surface area (Å²) in [4.78, 5) is 0. The molecule has 3 aromatic rings. The summed E-state index contributed by atoms with van der Waals surface area (Å²) in [5, 5.41) is 0. The Morgan fingerprint density at radius 1 is 0.654 bits per heavy atom. The van der Waals surface area contributed by atoms with Gasteiger partial charge in [0.1, 0.15) is 17.5 Å². The van der Waals surface area contributed by atoms with Gasteiger partial charge in [-0.1, -0.05) is 42.8 Å². The second kappa shape index (κ2) is 7.82. The van der Waals surface area contributed by atoms with Crippen molar-refractivity contribution in [2.24, 2.45) is 0 Å².